The van der Waals surface area contributed by atoms with E-state index in [4.69, 9.17) is 9.47 Å². The summed E-state index contributed by atoms with van der Waals surface area (Å²) in [5.74, 6) is 2.18. The number of thioether (sulfide) groups is 1. The molecule has 2 heterocycles. The van der Waals surface area contributed by atoms with Gasteiger partial charge in [0.15, 0.2) is 28.6 Å². The Balaban J connectivity index is 1.24. The number of allylic oxidation sites excluding steroid dienone is 1. The van der Waals surface area contributed by atoms with Crippen LogP contribution in [0.5, 0.6) is 11.5 Å². The smallest absolute Gasteiger partial charge is 0.230 e. The predicted octanol–water partition coefficient (Wildman–Crippen LogP) is 5.10. The average molecular weight is 487 g/mol. The summed E-state index contributed by atoms with van der Waals surface area (Å²) in [6.45, 7) is 6.68. The first-order valence-corrected chi connectivity index (χ1v) is 12.4. The van der Waals surface area contributed by atoms with Crippen LogP contribution in [0.3, 0.4) is 0 Å². The van der Waals surface area contributed by atoms with Crippen LogP contribution in [0.1, 0.15) is 30.5 Å². The number of hydrogen-bond donors (Lipinski definition) is 1. The summed E-state index contributed by atoms with van der Waals surface area (Å²) >= 11 is 1.34. The van der Waals surface area contributed by atoms with Crippen molar-refractivity contribution < 1.29 is 14.3 Å². The van der Waals surface area contributed by atoms with E-state index in [1.165, 1.54) is 17.1 Å². The highest BCUT2D eigenvalue weighted by Gasteiger charge is 2.28. The van der Waals surface area contributed by atoms with E-state index in [2.05, 4.69) is 52.4 Å². The summed E-state index contributed by atoms with van der Waals surface area (Å²) in [5.41, 5.74) is 1.06. The molecular formula is C27H26N4O3S. The van der Waals surface area contributed by atoms with Gasteiger partial charge < -0.3 is 14.8 Å². The molecule has 178 valence electrons. The van der Waals surface area contributed by atoms with E-state index < -0.39 is 6.10 Å². The number of benzene rings is 3. The van der Waals surface area contributed by atoms with Gasteiger partial charge in [-0.05, 0) is 41.5 Å². The van der Waals surface area contributed by atoms with Gasteiger partial charge in [0, 0.05) is 6.54 Å². The number of carbonyl (C=O) groups is 1. The fourth-order valence-corrected chi connectivity index (χ4v) is 4.83. The molecule has 0 aliphatic carbocycles. The van der Waals surface area contributed by atoms with Gasteiger partial charge >= 0.3 is 0 Å². The third kappa shape index (κ3) is 5.02. The van der Waals surface area contributed by atoms with E-state index in [1.54, 1.807) is 6.08 Å². The van der Waals surface area contributed by atoms with Crippen molar-refractivity contribution in [3.05, 3.63) is 90.8 Å². The molecule has 0 radical (unpaired) electrons. The van der Waals surface area contributed by atoms with Crippen LogP contribution in [0.15, 0.2) is 84.5 Å². The first-order chi connectivity index (χ1) is 17.1. The molecule has 2 atom stereocenters. The number of aromatic nitrogens is 3. The second-order valence-electron chi connectivity index (χ2n) is 8.29. The van der Waals surface area contributed by atoms with Gasteiger partial charge in [0.1, 0.15) is 6.61 Å². The number of para-hydroxylation sites is 2. The molecule has 3 aromatic carbocycles. The summed E-state index contributed by atoms with van der Waals surface area (Å²) in [4.78, 5) is 12.7. The minimum atomic E-state index is -0.395. The number of amides is 1. The molecule has 1 aromatic heterocycles. The summed E-state index contributed by atoms with van der Waals surface area (Å²) in [7, 11) is 0. The maximum atomic E-state index is 12.7. The summed E-state index contributed by atoms with van der Waals surface area (Å²) in [6, 6.07) is 21.9. The van der Waals surface area contributed by atoms with E-state index >= 15 is 0 Å². The molecule has 0 spiro atoms. The first kappa shape index (κ1) is 23.0. The lowest BCUT2D eigenvalue weighted by atomic mass is 10.0. The molecule has 7 nitrogen and oxygen atoms in total. The predicted molar refractivity (Wildman–Crippen MR) is 137 cm³/mol. The molecule has 1 aliphatic rings. The van der Waals surface area contributed by atoms with Gasteiger partial charge in [-0.1, -0.05) is 66.4 Å². The molecule has 0 saturated carbocycles. The number of carbonyl (C=O) groups excluding carboxylic acids is 1. The van der Waals surface area contributed by atoms with Crippen LogP contribution >= 0.6 is 11.8 Å². The van der Waals surface area contributed by atoms with E-state index in [0.29, 0.717) is 35.6 Å². The maximum absolute atomic E-state index is 12.7. The van der Waals surface area contributed by atoms with Gasteiger partial charge in [-0.15, -0.1) is 16.8 Å². The van der Waals surface area contributed by atoms with Crippen molar-refractivity contribution in [3.63, 3.8) is 0 Å². The molecule has 1 aliphatic heterocycles. The Morgan fingerprint density at radius 3 is 2.74 bits per heavy atom. The average Bonchev–Trinajstić information content (AvgIpc) is 3.29. The van der Waals surface area contributed by atoms with Crippen LogP contribution in [0.25, 0.3) is 10.8 Å². The Hall–Kier alpha value is -3.78. The van der Waals surface area contributed by atoms with Gasteiger partial charge in [-0.3, -0.25) is 9.36 Å². The molecule has 0 unspecified atom stereocenters. The molecule has 1 amide bonds. The Morgan fingerprint density at radius 2 is 1.91 bits per heavy atom. The second kappa shape index (κ2) is 10.2. The molecule has 0 bridgehead atoms. The number of nitrogens with one attached hydrogen (secondary N) is 1. The second-order valence-corrected chi connectivity index (χ2v) is 9.23. The quantitative estimate of drug-likeness (QED) is 0.276. The maximum Gasteiger partial charge on any atom is 0.230 e. The Bertz CT molecular complexity index is 1370. The van der Waals surface area contributed by atoms with Crippen LogP contribution in [0.2, 0.25) is 0 Å². The zero-order chi connectivity index (χ0) is 24.2. The van der Waals surface area contributed by atoms with E-state index in [9.17, 15) is 4.79 Å². The Kier molecular flexibility index (Phi) is 6.72. The lowest BCUT2D eigenvalue weighted by Gasteiger charge is -2.26. The largest absolute Gasteiger partial charge is 0.485 e. The van der Waals surface area contributed by atoms with Crippen molar-refractivity contribution >= 4 is 28.4 Å². The number of nitrogens with zero attached hydrogens (tertiary/aromatic N) is 3. The van der Waals surface area contributed by atoms with Gasteiger partial charge in [-0.2, -0.15) is 0 Å². The number of fused-ring (bicyclic) bond motifs is 2. The van der Waals surface area contributed by atoms with Crippen LogP contribution in [-0.4, -0.2) is 33.0 Å². The standard InChI is InChI=1S/C27H26N4O3S/c1-3-14-31-26(24-16-33-22-10-6-7-11-23(22)34-24)29-30-27(31)35-17-25(32)28-18(2)20-13-12-19-8-4-5-9-21(19)15-20/h3-13,15,18,24H,1,14,16-17H2,2H3,(H,28,32)/t18-,24+/m0/s1. The van der Waals surface area contributed by atoms with E-state index in [-0.39, 0.29) is 17.7 Å². The van der Waals surface area contributed by atoms with Crippen molar-refractivity contribution in [3.8, 4) is 11.5 Å². The molecule has 8 heteroatoms. The fraction of sp³-hybridized carbons (Fsp3) is 0.222. The molecular weight excluding hydrogens is 460 g/mol. The van der Waals surface area contributed by atoms with Crippen LogP contribution in [0.4, 0.5) is 0 Å². The zero-order valence-electron chi connectivity index (χ0n) is 19.4. The van der Waals surface area contributed by atoms with E-state index in [1.807, 2.05) is 47.9 Å². The topological polar surface area (TPSA) is 78.3 Å². The summed E-state index contributed by atoms with van der Waals surface area (Å²) < 4.78 is 13.9. The monoisotopic (exact) mass is 486 g/mol. The van der Waals surface area contributed by atoms with Crippen LogP contribution < -0.4 is 14.8 Å². The number of ether oxygens (including phenoxy) is 2. The van der Waals surface area contributed by atoms with Gasteiger partial charge in [0.2, 0.25) is 5.91 Å². The fourth-order valence-electron chi connectivity index (χ4n) is 4.07. The van der Waals surface area contributed by atoms with Crippen LogP contribution in [-0.2, 0) is 11.3 Å². The Labute approximate surface area is 208 Å². The molecule has 0 saturated heterocycles. The van der Waals surface area contributed by atoms with Gasteiger partial charge in [0.05, 0.1) is 11.8 Å². The summed E-state index contributed by atoms with van der Waals surface area (Å²) in [5, 5.41) is 14.7. The summed E-state index contributed by atoms with van der Waals surface area (Å²) in [6.07, 6.45) is 1.38. The normalized spacial score (nSPS) is 15.5. The zero-order valence-corrected chi connectivity index (χ0v) is 20.2. The number of hydrogen-bond acceptors (Lipinski definition) is 6. The van der Waals surface area contributed by atoms with E-state index in [0.717, 1.165) is 10.9 Å². The van der Waals surface area contributed by atoms with Crippen molar-refractivity contribution in [1.29, 1.82) is 0 Å². The highest BCUT2D eigenvalue weighted by Crippen LogP contribution is 2.36. The van der Waals surface area contributed by atoms with Crippen molar-refractivity contribution in [2.24, 2.45) is 0 Å². The van der Waals surface area contributed by atoms with Crippen molar-refractivity contribution in [2.45, 2.75) is 30.8 Å². The highest BCUT2D eigenvalue weighted by atomic mass is 32.2. The molecule has 0 fully saturated rings. The third-order valence-electron chi connectivity index (χ3n) is 5.84. The Morgan fingerprint density at radius 1 is 1.14 bits per heavy atom. The van der Waals surface area contributed by atoms with Gasteiger partial charge in [0.25, 0.3) is 0 Å². The third-order valence-corrected chi connectivity index (χ3v) is 6.80. The molecule has 35 heavy (non-hydrogen) atoms. The first-order valence-electron chi connectivity index (χ1n) is 11.5. The highest BCUT2D eigenvalue weighted by molar-refractivity contribution is 7.99. The SMILES string of the molecule is C=CCn1c(SCC(=O)N[C@@H](C)c2ccc3ccccc3c2)nnc1[C@H]1COc2ccccc2O1. The minimum absolute atomic E-state index is 0.0726. The van der Waals surface area contributed by atoms with Gasteiger partial charge in [-0.25, -0.2) is 0 Å². The lowest BCUT2D eigenvalue weighted by molar-refractivity contribution is -0.119. The minimum Gasteiger partial charge on any atom is -0.485 e. The number of rotatable bonds is 8. The van der Waals surface area contributed by atoms with Crippen molar-refractivity contribution in [2.75, 3.05) is 12.4 Å². The molecule has 1 N–H and O–H groups in total. The lowest BCUT2D eigenvalue weighted by Crippen LogP contribution is -2.28. The van der Waals surface area contributed by atoms with Crippen LogP contribution in [0, 0.1) is 0 Å². The molecule has 5 rings (SSSR count). The molecule has 4 aromatic rings. The van der Waals surface area contributed by atoms with Crippen molar-refractivity contribution in [1.82, 2.24) is 20.1 Å².